The molecule has 6 nitrogen and oxygen atoms in total. The maximum atomic E-state index is 11.6. The van der Waals surface area contributed by atoms with Crippen LogP contribution in [0.2, 0.25) is 0 Å². The van der Waals surface area contributed by atoms with Gasteiger partial charge in [0, 0.05) is 23.8 Å². The van der Waals surface area contributed by atoms with Crippen LogP contribution in [0, 0.1) is 0 Å². The van der Waals surface area contributed by atoms with Gasteiger partial charge in [0.2, 0.25) is 0 Å². The molecule has 0 spiro atoms. The molecule has 0 saturated carbocycles. The van der Waals surface area contributed by atoms with E-state index in [0.717, 1.165) is 39.8 Å². The van der Waals surface area contributed by atoms with E-state index in [1.54, 1.807) is 24.2 Å². The molecule has 0 fully saturated rings. The van der Waals surface area contributed by atoms with E-state index in [1.165, 1.54) is 0 Å². The van der Waals surface area contributed by atoms with Crippen LogP contribution in [0.3, 0.4) is 0 Å². The second-order valence-electron chi connectivity index (χ2n) is 5.12. The Morgan fingerprint density at radius 2 is 2.22 bits per heavy atom. The van der Waals surface area contributed by atoms with Gasteiger partial charge in [-0.15, -0.1) is 0 Å². The van der Waals surface area contributed by atoms with E-state index >= 15 is 0 Å². The van der Waals surface area contributed by atoms with Crippen LogP contribution in [-0.2, 0) is 11.3 Å². The molecule has 1 aromatic carbocycles. The minimum absolute atomic E-state index is 0.241. The standard InChI is InChI=1S/C16H18N4O2S/c1-2-3-6-19-16(21)22-10-11-4-5-13-12(9-11)20-14-15(23-13)18-8-7-17-14/h4-5,7-9H,2-3,6,10H2,1H3,(H,17,20)(H,19,21). The van der Waals surface area contributed by atoms with Crippen molar-refractivity contribution in [2.45, 2.75) is 36.3 Å². The largest absolute Gasteiger partial charge is 0.445 e. The molecule has 120 valence electrons. The number of unbranched alkanes of at least 4 members (excludes halogenated alkanes) is 1. The van der Waals surface area contributed by atoms with Gasteiger partial charge in [-0.2, -0.15) is 0 Å². The van der Waals surface area contributed by atoms with Crippen LogP contribution < -0.4 is 10.6 Å². The van der Waals surface area contributed by atoms with E-state index in [0.29, 0.717) is 6.54 Å². The van der Waals surface area contributed by atoms with E-state index < -0.39 is 0 Å². The first-order valence-corrected chi connectivity index (χ1v) is 8.37. The van der Waals surface area contributed by atoms with Crippen LogP contribution in [0.5, 0.6) is 0 Å². The van der Waals surface area contributed by atoms with Gasteiger partial charge in [-0.05, 0) is 24.1 Å². The summed E-state index contributed by atoms with van der Waals surface area (Å²) in [5.74, 6) is 0.750. The summed E-state index contributed by atoms with van der Waals surface area (Å²) in [6.45, 7) is 2.96. The lowest BCUT2D eigenvalue weighted by molar-refractivity contribution is 0.139. The molecule has 0 atom stereocenters. The molecule has 0 saturated heterocycles. The molecule has 2 aromatic rings. The topological polar surface area (TPSA) is 76.1 Å². The zero-order valence-corrected chi connectivity index (χ0v) is 13.7. The molecule has 2 heterocycles. The number of amides is 1. The fourth-order valence-electron chi connectivity index (χ4n) is 2.14. The van der Waals surface area contributed by atoms with Crippen molar-refractivity contribution < 1.29 is 9.53 Å². The van der Waals surface area contributed by atoms with Crippen LogP contribution in [-0.4, -0.2) is 22.6 Å². The highest BCUT2D eigenvalue weighted by Crippen LogP contribution is 2.41. The summed E-state index contributed by atoms with van der Waals surface area (Å²) in [7, 11) is 0. The molecule has 1 aliphatic heterocycles. The summed E-state index contributed by atoms with van der Waals surface area (Å²) in [4.78, 5) is 21.2. The van der Waals surface area contributed by atoms with Crippen molar-refractivity contribution in [1.29, 1.82) is 0 Å². The molecule has 0 unspecified atom stereocenters. The third-order valence-corrected chi connectivity index (χ3v) is 4.41. The van der Waals surface area contributed by atoms with Crippen molar-refractivity contribution in [2.75, 3.05) is 11.9 Å². The van der Waals surface area contributed by atoms with Crippen molar-refractivity contribution >= 4 is 29.4 Å². The average molecular weight is 330 g/mol. The van der Waals surface area contributed by atoms with Crippen LogP contribution in [0.4, 0.5) is 16.3 Å². The van der Waals surface area contributed by atoms with Gasteiger partial charge in [-0.1, -0.05) is 31.2 Å². The molecule has 3 rings (SSSR count). The number of anilines is 2. The highest BCUT2D eigenvalue weighted by Gasteiger charge is 2.17. The lowest BCUT2D eigenvalue weighted by Crippen LogP contribution is -2.25. The average Bonchev–Trinajstić information content (AvgIpc) is 2.58. The third kappa shape index (κ3) is 3.92. The number of carbonyl (C=O) groups excluding carboxylic acids is 1. The Kier molecular flexibility index (Phi) is 4.97. The molecule has 1 aromatic heterocycles. The Balaban J connectivity index is 1.60. The van der Waals surface area contributed by atoms with Gasteiger partial charge in [0.25, 0.3) is 0 Å². The maximum absolute atomic E-state index is 11.6. The number of nitrogens with zero attached hydrogens (tertiary/aromatic N) is 2. The highest BCUT2D eigenvalue weighted by atomic mass is 32.2. The SMILES string of the molecule is CCCCNC(=O)OCc1ccc2c(c1)Nc1nccnc1S2. The molecule has 1 aliphatic rings. The highest BCUT2D eigenvalue weighted by molar-refractivity contribution is 7.99. The number of fused-ring (bicyclic) bond motifs is 2. The Bertz CT molecular complexity index is 708. The predicted octanol–water partition coefficient (Wildman–Crippen LogP) is 3.71. The normalized spacial score (nSPS) is 11.9. The fraction of sp³-hybridized carbons (Fsp3) is 0.312. The number of carbonyl (C=O) groups is 1. The minimum atomic E-state index is -0.380. The van der Waals surface area contributed by atoms with Crippen molar-refractivity contribution in [1.82, 2.24) is 15.3 Å². The smallest absolute Gasteiger partial charge is 0.407 e. The predicted molar refractivity (Wildman–Crippen MR) is 89.0 cm³/mol. The van der Waals surface area contributed by atoms with E-state index in [1.807, 2.05) is 18.2 Å². The second-order valence-corrected chi connectivity index (χ2v) is 6.15. The summed E-state index contributed by atoms with van der Waals surface area (Å²) < 4.78 is 5.22. The first kappa shape index (κ1) is 15.6. The van der Waals surface area contributed by atoms with Gasteiger partial charge in [-0.25, -0.2) is 14.8 Å². The van der Waals surface area contributed by atoms with E-state index in [9.17, 15) is 4.79 Å². The molecule has 23 heavy (non-hydrogen) atoms. The van der Waals surface area contributed by atoms with Crippen LogP contribution >= 0.6 is 11.8 Å². The van der Waals surface area contributed by atoms with E-state index in [4.69, 9.17) is 4.74 Å². The minimum Gasteiger partial charge on any atom is -0.445 e. The number of alkyl carbamates (subject to hydrolysis) is 1. The summed E-state index contributed by atoms with van der Waals surface area (Å²) in [5, 5.41) is 6.85. The van der Waals surface area contributed by atoms with Gasteiger partial charge in [0.1, 0.15) is 11.6 Å². The van der Waals surface area contributed by atoms with E-state index in [-0.39, 0.29) is 12.7 Å². The first-order chi connectivity index (χ1) is 11.3. The van der Waals surface area contributed by atoms with Crippen molar-refractivity contribution in [3.63, 3.8) is 0 Å². The molecule has 2 N–H and O–H groups in total. The molecule has 1 amide bonds. The molecule has 0 aliphatic carbocycles. The fourth-order valence-corrected chi connectivity index (χ4v) is 3.02. The Morgan fingerprint density at radius 3 is 3.09 bits per heavy atom. The third-order valence-electron chi connectivity index (χ3n) is 3.34. The number of ether oxygens (including phenoxy) is 1. The molecule has 0 bridgehead atoms. The zero-order valence-electron chi connectivity index (χ0n) is 12.8. The first-order valence-electron chi connectivity index (χ1n) is 7.55. The van der Waals surface area contributed by atoms with Gasteiger partial charge >= 0.3 is 6.09 Å². The lowest BCUT2D eigenvalue weighted by atomic mass is 10.2. The Labute approximate surface area is 139 Å². The van der Waals surface area contributed by atoms with Gasteiger partial charge in [-0.3, -0.25) is 0 Å². The number of nitrogens with one attached hydrogen (secondary N) is 2. The number of rotatable bonds is 5. The summed E-state index contributed by atoms with van der Waals surface area (Å²) in [6.07, 6.45) is 4.95. The molecule has 0 radical (unpaired) electrons. The molecule has 7 heteroatoms. The maximum Gasteiger partial charge on any atom is 0.407 e. The van der Waals surface area contributed by atoms with Crippen molar-refractivity contribution in [3.05, 3.63) is 36.2 Å². The quantitative estimate of drug-likeness (QED) is 0.695. The monoisotopic (exact) mass is 330 g/mol. The summed E-state index contributed by atoms with van der Waals surface area (Å²) >= 11 is 1.57. The molecular formula is C16H18N4O2S. The molecular weight excluding hydrogens is 312 g/mol. The number of aromatic nitrogens is 2. The van der Waals surface area contributed by atoms with Crippen LogP contribution in [0.1, 0.15) is 25.3 Å². The zero-order chi connectivity index (χ0) is 16.1. The Morgan fingerprint density at radius 1 is 1.35 bits per heavy atom. The number of hydrogen-bond donors (Lipinski definition) is 2. The number of hydrogen-bond acceptors (Lipinski definition) is 6. The van der Waals surface area contributed by atoms with Crippen LogP contribution in [0.15, 0.2) is 40.5 Å². The van der Waals surface area contributed by atoms with Crippen molar-refractivity contribution in [3.8, 4) is 0 Å². The lowest BCUT2D eigenvalue weighted by Gasteiger charge is -2.19. The second kappa shape index (κ2) is 7.32. The van der Waals surface area contributed by atoms with Crippen LogP contribution in [0.25, 0.3) is 0 Å². The van der Waals surface area contributed by atoms with Gasteiger partial charge in [0.15, 0.2) is 5.82 Å². The number of benzene rings is 1. The van der Waals surface area contributed by atoms with Gasteiger partial charge < -0.3 is 15.4 Å². The van der Waals surface area contributed by atoms with Crippen molar-refractivity contribution in [2.24, 2.45) is 0 Å². The summed E-state index contributed by atoms with van der Waals surface area (Å²) in [6, 6.07) is 5.92. The van der Waals surface area contributed by atoms with Gasteiger partial charge in [0.05, 0.1) is 5.69 Å². The van der Waals surface area contributed by atoms with E-state index in [2.05, 4.69) is 27.5 Å². The Hall–Kier alpha value is -2.28. The summed E-state index contributed by atoms with van der Waals surface area (Å²) in [5.41, 5.74) is 1.88.